The van der Waals surface area contributed by atoms with Gasteiger partial charge in [0.1, 0.15) is 5.01 Å². The molecule has 0 spiro atoms. The number of benzene rings is 1. The van der Waals surface area contributed by atoms with Gasteiger partial charge in [-0.2, -0.15) is 0 Å². The second-order valence-electron chi connectivity index (χ2n) is 4.22. The molecule has 1 atom stereocenters. The van der Waals surface area contributed by atoms with E-state index in [4.69, 9.17) is 5.73 Å². The number of aromatic nitrogens is 1. The predicted octanol–water partition coefficient (Wildman–Crippen LogP) is 2.60. The Kier molecular flexibility index (Phi) is 2.30. The largest absolute Gasteiger partial charge is 0.326 e. The van der Waals surface area contributed by atoms with E-state index < -0.39 is 0 Å². The van der Waals surface area contributed by atoms with Crippen LogP contribution in [0.15, 0.2) is 24.3 Å². The lowest BCUT2D eigenvalue weighted by Gasteiger charge is -2.28. The van der Waals surface area contributed by atoms with Crippen molar-refractivity contribution in [1.29, 1.82) is 0 Å². The van der Waals surface area contributed by atoms with Crippen LogP contribution < -0.4 is 5.73 Å². The normalized spacial score (nSPS) is 18.0. The topological polar surface area (TPSA) is 38.9 Å². The maximum absolute atomic E-state index is 5.69. The summed E-state index contributed by atoms with van der Waals surface area (Å²) < 4.78 is 0. The molecule has 0 saturated carbocycles. The van der Waals surface area contributed by atoms with E-state index in [2.05, 4.69) is 29.2 Å². The zero-order valence-corrected chi connectivity index (χ0v) is 10.1. The molecule has 1 aromatic carbocycles. The average Bonchev–Trinajstić information content (AvgIpc) is 2.61. The van der Waals surface area contributed by atoms with Crippen molar-refractivity contribution in [3.8, 4) is 0 Å². The quantitative estimate of drug-likeness (QED) is 0.861. The van der Waals surface area contributed by atoms with Crippen LogP contribution in [0.2, 0.25) is 0 Å². The number of thiazole rings is 1. The first-order valence-electron chi connectivity index (χ1n) is 5.53. The summed E-state index contributed by atoms with van der Waals surface area (Å²) in [5, 5.41) is 1.23. The first-order chi connectivity index (χ1) is 7.79. The van der Waals surface area contributed by atoms with E-state index in [1.54, 1.807) is 11.3 Å². The summed E-state index contributed by atoms with van der Waals surface area (Å²) >= 11 is 1.77. The molecule has 0 fully saturated rings. The van der Waals surface area contributed by atoms with Gasteiger partial charge in [0.25, 0.3) is 0 Å². The number of fused-ring (bicyclic) bond motifs is 1. The third kappa shape index (κ3) is 1.39. The van der Waals surface area contributed by atoms with Crippen molar-refractivity contribution in [3.63, 3.8) is 0 Å². The van der Waals surface area contributed by atoms with Crippen LogP contribution in [0.5, 0.6) is 0 Å². The highest BCUT2D eigenvalue weighted by molar-refractivity contribution is 7.11. The summed E-state index contributed by atoms with van der Waals surface area (Å²) in [5.74, 6) is 0.514. The summed E-state index contributed by atoms with van der Waals surface area (Å²) in [7, 11) is 0. The van der Waals surface area contributed by atoms with Gasteiger partial charge in [-0.05, 0) is 24.5 Å². The van der Waals surface area contributed by atoms with Gasteiger partial charge in [0.05, 0.1) is 5.69 Å². The molecule has 1 aromatic heterocycles. The zero-order valence-electron chi connectivity index (χ0n) is 9.23. The Hall–Kier alpha value is -1.19. The molecule has 0 saturated heterocycles. The fraction of sp³-hybridized carbons (Fsp3) is 0.308. The number of rotatable bonds is 2. The Morgan fingerprint density at radius 1 is 1.44 bits per heavy atom. The molecular formula is C13H14N2S. The molecule has 1 aliphatic carbocycles. The molecule has 0 radical (unpaired) electrons. The molecule has 1 heterocycles. The number of hydrogen-bond acceptors (Lipinski definition) is 3. The molecule has 1 aliphatic rings. The molecule has 3 rings (SSSR count). The van der Waals surface area contributed by atoms with Gasteiger partial charge in [-0.3, -0.25) is 0 Å². The van der Waals surface area contributed by atoms with Gasteiger partial charge in [-0.1, -0.05) is 24.3 Å². The van der Waals surface area contributed by atoms with E-state index in [1.165, 1.54) is 21.0 Å². The third-order valence-corrected chi connectivity index (χ3v) is 4.54. The molecule has 82 valence electrons. The van der Waals surface area contributed by atoms with Crippen molar-refractivity contribution in [2.45, 2.75) is 25.8 Å². The van der Waals surface area contributed by atoms with Gasteiger partial charge in [0.2, 0.25) is 0 Å². The minimum Gasteiger partial charge on any atom is -0.326 e. The van der Waals surface area contributed by atoms with Gasteiger partial charge in [0.15, 0.2) is 0 Å². The van der Waals surface area contributed by atoms with Crippen molar-refractivity contribution >= 4 is 11.3 Å². The van der Waals surface area contributed by atoms with Crippen molar-refractivity contribution < 1.29 is 0 Å². The van der Waals surface area contributed by atoms with E-state index in [0.29, 0.717) is 12.5 Å². The second kappa shape index (κ2) is 3.68. The Morgan fingerprint density at radius 3 is 2.94 bits per heavy atom. The van der Waals surface area contributed by atoms with Gasteiger partial charge in [-0.15, -0.1) is 11.3 Å². The smallest absolute Gasteiger partial charge is 0.101 e. The molecule has 2 nitrogen and oxygen atoms in total. The van der Waals surface area contributed by atoms with E-state index in [9.17, 15) is 0 Å². The monoisotopic (exact) mass is 230 g/mol. The lowest BCUT2D eigenvalue weighted by molar-refractivity contribution is 0.700. The Morgan fingerprint density at radius 2 is 2.25 bits per heavy atom. The molecule has 2 N–H and O–H groups in total. The van der Waals surface area contributed by atoms with Crippen LogP contribution in [-0.2, 0) is 13.0 Å². The molecule has 3 heteroatoms. The van der Waals surface area contributed by atoms with Crippen LogP contribution in [0.4, 0.5) is 0 Å². The fourth-order valence-electron chi connectivity index (χ4n) is 2.27. The lowest BCUT2D eigenvalue weighted by atomic mass is 9.78. The summed E-state index contributed by atoms with van der Waals surface area (Å²) in [6.07, 6.45) is 1.13. The predicted molar refractivity (Wildman–Crippen MR) is 66.7 cm³/mol. The second-order valence-corrected chi connectivity index (χ2v) is 5.34. The highest BCUT2D eigenvalue weighted by Gasteiger charge is 2.29. The highest BCUT2D eigenvalue weighted by atomic mass is 32.1. The van der Waals surface area contributed by atoms with Gasteiger partial charge in [-0.25, -0.2) is 4.98 Å². The zero-order chi connectivity index (χ0) is 11.1. The number of nitrogens with two attached hydrogens (primary N) is 1. The van der Waals surface area contributed by atoms with E-state index >= 15 is 0 Å². The molecule has 0 bridgehead atoms. The summed E-state index contributed by atoms with van der Waals surface area (Å²) in [6, 6.07) is 8.63. The van der Waals surface area contributed by atoms with Crippen molar-refractivity contribution in [2.24, 2.45) is 5.73 Å². The third-order valence-electron chi connectivity index (χ3n) is 3.25. The van der Waals surface area contributed by atoms with E-state index in [-0.39, 0.29) is 0 Å². The minimum atomic E-state index is 0.514. The van der Waals surface area contributed by atoms with Crippen molar-refractivity contribution in [3.05, 3.63) is 51.0 Å². The lowest BCUT2D eigenvalue weighted by Crippen LogP contribution is -2.17. The van der Waals surface area contributed by atoms with Crippen LogP contribution in [0.1, 0.15) is 32.6 Å². The summed E-state index contributed by atoms with van der Waals surface area (Å²) in [5.41, 5.74) is 9.70. The molecule has 16 heavy (non-hydrogen) atoms. The molecule has 1 unspecified atom stereocenters. The average molecular weight is 230 g/mol. The molecule has 2 aromatic rings. The highest BCUT2D eigenvalue weighted by Crippen LogP contribution is 2.41. The number of nitrogens with zero attached hydrogens (tertiary/aromatic N) is 1. The van der Waals surface area contributed by atoms with E-state index in [0.717, 1.165) is 12.1 Å². The summed E-state index contributed by atoms with van der Waals surface area (Å²) in [6.45, 7) is 2.66. The van der Waals surface area contributed by atoms with Gasteiger partial charge >= 0.3 is 0 Å². The van der Waals surface area contributed by atoms with Crippen LogP contribution in [0.25, 0.3) is 0 Å². The first kappa shape index (κ1) is 10.00. The molecule has 0 aliphatic heterocycles. The maximum atomic E-state index is 5.69. The Bertz CT molecular complexity index is 530. The van der Waals surface area contributed by atoms with Crippen LogP contribution in [0, 0.1) is 6.92 Å². The van der Waals surface area contributed by atoms with Crippen molar-refractivity contribution in [2.75, 3.05) is 0 Å². The molecular weight excluding hydrogens is 216 g/mol. The van der Waals surface area contributed by atoms with Gasteiger partial charge in [0, 0.05) is 17.3 Å². The van der Waals surface area contributed by atoms with Crippen molar-refractivity contribution in [1.82, 2.24) is 4.98 Å². The number of aryl methyl sites for hydroxylation is 1. The van der Waals surface area contributed by atoms with Crippen LogP contribution in [-0.4, -0.2) is 4.98 Å². The van der Waals surface area contributed by atoms with Crippen LogP contribution >= 0.6 is 11.3 Å². The Balaban J connectivity index is 1.96. The first-order valence-corrected chi connectivity index (χ1v) is 6.35. The number of hydrogen-bond donors (Lipinski definition) is 1. The maximum Gasteiger partial charge on any atom is 0.101 e. The van der Waals surface area contributed by atoms with Gasteiger partial charge < -0.3 is 5.73 Å². The molecule has 0 amide bonds. The summed E-state index contributed by atoms with van der Waals surface area (Å²) in [4.78, 5) is 5.86. The van der Waals surface area contributed by atoms with E-state index in [1.807, 2.05) is 6.92 Å². The SMILES string of the molecule is Cc1nc(C2Cc3ccccc32)sc1CN. The standard InChI is InChI=1S/C13H14N2S/c1-8-12(7-14)16-13(15-8)11-6-9-4-2-3-5-10(9)11/h2-5,11H,6-7,14H2,1H3. The fourth-order valence-corrected chi connectivity index (χ4v) is 3.33. The minimum absolute atomic E-state index is 0.514. The van der Waals surface area contributed by atoms with Crippen LogP contribution in [0.3, 0.4) is 0 Å². The Labute approximate surface area is 99.1 Å².